The van der Waals surface area contributed by atoms with Crippen LogP contribution in [0.3, 0.4) is 0 Å². The molecule has 0 amide bonds. The van der Waals surface area contributed by atoms with E-state index in [2.05, 4.69) is 38.2 Å². The number of rotatable bonds is 38. The molecule has 1 unspecified atom stereocenters. The van der Waals surface area contributed by atoms with Gasteiger partial charge in [-0.2, -0.15) is 0 Å². The summed E-state index contributed by atoms with van der Waals surface area (Å²) in [5.41, 5.74) is 5.33. The third-order valence-electron chi connectivity index (χ3n) is 8.59. The molecular formula is C40H76NO8P. The zero-order valence-corrected chi connectivity index (χ0v) is 33.0. The Balaban J connectivity index is 4.23. The summed E-state index contributed by atoms with van der Waals surface area (Å²) in [6.45, 7) is 3.69. The number of carbonyl (C=O) groups is 2. The standard InChI is InChI=1S/C40H76NO8P/c1-3-5-7-9-11-13-15-17-19-21-22-24-26-28-30-32-39(42)46-36-38(37-48-50(44,45)47-35-34-41)49-40(43)33-31-29-27-25-23-20-18-16-14-12-10-8-6-4-2/h17,19,22,24,38H,3-16,18,20-21,23,25-37,41H2,1-2H3,(H,44,45)/b19-17+,24-22+/t38-/m1/s1. The first-order chi connectivity index (χ1) is 24.3. The van der Waals surface area contributed by atoms with Crippen molar-refractivity contribution in [2.75, 3.05) is 26.4 Å². The first-order valence-corrected chi connectivity index (χ1v) is 21.8. The second kappa shape index (κ2) is 37.3. The zero-order valence-electron chi connectivity index (χ0n) is 32.1. The largest absolute Gasteiger partial charge is 0.472 e. The van der Waals surface area contributed by atoms with Crippen molar-refractivity contribution in [2.24, 2.45) is 5.73 Å². The lowest BCUT2D eigenvalue weighted by atomic mass is 10.0. The number of carbonyl (C=O) groups excluding carboxylic acids is 2. The Kier molecular flexibility index (Phi) is 36.1. The summed E-state index contributed by atoms with van der Waals surface area (Å²) in [6, 6.07) is 0. The molecule has 0 bridgehead atoms. The van der Waals surface area contributed by atoms with E-state index in [1.165, 1.54) is 109 Å². The molecule has 2 atom stereocenters. The number of hydrogen-bond donors (Lipinski definition) is 2. The number of phosphoric acid groups is 1. The number of unbranched alkanes of at least 4 members (excludes halogenated alkanes) is 21. The number of ether oxygens (including phenoxy) is 2. The van der Waals surface area contributed by atoms with Gasteiger partial charge in [0.2, 0.25) is 0 Å². The van der Waals surface area contributed by atoms with Crippen LogP contribution in [0.25, 0.3) is 0 Å². The Labute approximate surface area is 306 Å². The minimum Gasteiger partial charge on any atom is -0.462 e. The van der Waals surface area contributed by atoms with Crippen LogP contribution in [-0.4, -0.2) is 49.3 Å². The van der Waals surface area contributed by atoms with Gasteiger partial charge in [-0.25, -0.2) is 4.57 Å². The van der Waals surface area contributed by atoms with Crippen LogP contribution in [-0.2, 0) is 32.7 Å². The molecular weight excluding hydrogens is 653 g/mol. The van der Waals surface area contributed by atoms with Gasteiger partial charge in [0.25, 0.3) is 0 Å². The molecule has 0 fully saturated rings. The maximum absolute atomic E-state index is 12.5. The van der Waals surface area contributed by atoms with E-state index < -0.39 is 32.5 Å². The zero-order chi connectivity index (χ0) is 36.8. The van der Waals surface area contributed by atoms with Crippen molar-refractivity contribution >= 4 is 19.8 Å². The molecule has 0 spiro atoms. The van der Waals surface area contributed by atoms with Crippen LogP contribution in [0, 0.1) is 0 Å². The van der Waals surface area contributed by atoms with Crippen LogP contribution < -0.4 is 5.73 Å². The summed E-state index contributed by atoms with van der Waals surface area (Å²) in [7, 11) is -4.37. The van der Waals surface area contributed by atoms with E-state index in [9.17, 15) is 19.0 Å². The molecule has 0 aromatic carbocycles. The number of phosphoric ester groups is 1. The lowest BCUT2D eigenvalue weighted by Crippen LogP contribution is -2.29. The summed E-state index contributed by atoms with van der Waals surface area (Å²) in [5, 5.41) is 0. The van der Waals surface area contributed by atoms with E-state index in [0.29, 0.717) is 12.8 Å². The highest BCUT2D eigenvalue weighted by Crippen LogP contribution is 2.43. The quantitative estimate of drug-likeness (QED) is 0.0275. The van der Waals surface area contributed by atoms with Gasteiger partial charge in [0, 0.05) is 19.4 Å². The lowest BCUT2D eigenvalue weighted by Gasteiger charge is -2.19. The second-order valence-electron chi connectivity index (χ2n) is 13.5. The van der Waals surface area contributed by atoms with E-state index in [-0.39, 0.29) is 32.6 Å². The van der Waals surface area contributed by atoms with Gasteiger partial charge in [0.05, 0.1) is 13.2 Å². The second-order valence-corrected chi connectivity index (χ2v) is 15.0. The molecule has 0 radical (unpaired) electrons. The Morgan fingerprint density at radius 1 is 0.600 bits per heavy atom. The summed E-state index contributed by atoms with van der Waals surface area (Å²) in [6.07, 6.45) is 37.8. The van der Waals surface area contributed by atoms with Crippen LogP contribution >= 0.6 is 7.82 Å². The molecule has 0 saturated heterocycles. The highest BCUT2D eigenvalue weighted by molar-refractivity contribution is 7.47. The predicted octanol–water partition coefficient (Wildman–Crippen LogP) is 11.2. The van der Waals surface area contributed by atoms with Gasteiger partial charge >= 0.3 is 19.8 Å². The van der Waals surface area contributed by atoms with Crippen LogP contribution in [0.4, 0.5) is 0 Å². The lowest BCUT2D eigenvalue weighted by molar-refractivity contribution is -0.161. The molecule has 9 nitrogen and oxygen atoms in total. The molecule has 50 heavy (non-hydrogen) atoms. The predicted molar refractivity (Wildman–Crippen MR) is 206 cm³/mol. The SMILES string of the molecule is CCCCCCCC/C=C/C/C=C/CCCCC(=O)OC[C@H](COP(=O)(O)OCCN)OC(=O)CCCCCCCCCCCCCCCC. The van der Waals surface area contributed by atoms with Crippen molar-refractivity contribution in [1.29, 1.82) is 0 Å². The molecule has 0 aliphatic carbocycles. The van der Waals surface area contributed by atoms with Gasteiger partial charge in [-0.3, -0.25) is 18.6 Å². The Morgan fingerprint density at radius 3 is 1.56 bits per heavy atom. The summed E-state index contributed by atoms with van der Waals surface area (Å²) < 4.78 is 32.7. The van der Waals surface area contributed by atoms with Crippen molar-refractivity contribution in [3.05, 3.63) is 24.3 Å². The maximum atomic E-state index is 12.5. The van der Waals surface area contributed by atoms with Gasteiger partial charge in [-0.15, -0.1) is 0 Å². The molecule has 0 saturated carbocycles. The fourth-order valence-electron chi connectivity index (χ4n) is 5.55. The molecule has 0 aromatic rings. The van der Waals surface area contributed by atoms with E-state index >= 15 is 0 Å². The molecule has 3 N–H and O–H groups in total. The van der Waals surface area contributed by atoms with Crippen LogP contribution in [0.5, 0.6) is 0 Å². The minimum atomic E-state index is -4.37. The van der Waals surface area contributed by atoms with Crippen LogP contribution in [0.1, 0.15) is 187 Å². The van der Waals surface area contributed by atoms with Gasteiger partial charge in [-0.1, -0.05) is 154 Å². The van der Waals surface area contributed by atoms with Crippen molar-refractivity contribution < 1.29 is 37.6 Å². The number of hydrogen-bond acceptors (Lipinski definition) is 8. The average molecular weight is 730 g/mol. The summed E-state index contributed by atoms with van der Waals surface area (Å²) >= 11 is 0. The number of nitrogens with two attached hydrogens (primary N) is 1. The number of allylic oxidation sites excluding steroid dienone is 4. The maximum Gasteiger partial charge on any atom is 0.472 e. The topological polar surface area (TPSA) is 134 Å². The minimum absolute atomic E-state index is 0.0509. The highest BCUT2D eigenvalue weighted by atomic mass is 31.2. The molecule has 0 rings (SSSR count). The fourth-order valence-corrected chi connectivity index (χ4v) is 6.31. The first kappa shape index (κ1) is 48.5. The first-order valence-electron chi connectivity index (χ1n) is 20.3. The highest BCUT2D eigenvalue weighted by Gasteiger charge is 2.25. The van der Waals surface area contributed by atoms with Gasteiger partial charge in [0.1, 0.15) is 6.61 Å². The van der Waals surface area contributed by atoms with Crippen LogP contribution in [0.15, 0.2) is 24.3 Å². The molecule has 0 aliphatic heterocycles. The van der Waals surface area contributed by atoms with Crippen LogP contribution in [0.2, 0.25) is 0 Å². The Hall–Kier alpha value is -1.51. The fraction of sp³-hybridized carbons (Fsp3) is 0.850. The summed E-state index contributed by atoms with van der Waals surface area (Å²) in [5.74, 6) is -0.862. The number of esters is 2. The molecule has 0 aliphatic rings. The van der Waals surface area contributed by atoms with Crippen molar-refractivity contribution in [3.8, 4) is 0 Å². The van der Waals surface area contributed by atoms with E-state index in [1.807, 2.05) is 0 Å². The van der Waals surface area contributed by atoms with Gasteiger partial charge in [-0.05, 0) is 44.9 Å². The van der Waals surface area contributed by atoms with Crippen molar-refractivity contribution in [2.45, 2.75) is 193 Å². The smallest absolute Gasteiger partial charge is 0.462 e. The Bertz CT molecular complexity index is 881. The third kappa shape index (κ3) is 36.3. The van der Waals surface area contributed by atoms with Gasteiger partial charge in [0.15, 0.2) is 6.10 Å². The molecule has 294 valence electrons. The monoisotopic (exact) mass is 730 g/mol. The molecule has 10 heteroatoms. The van der Waals surface area contributed by atoms with E-state index in [4.69, 9.17) is 24.3 Å². The Morgan fingerprint density at radius 2 is 1.04 bits per heavy atom. The average Bonchev–Trinajstić information content (AvgIpc) is 3.10. The normalized spacial score (nSPS) is 13.6. The van der Waals surface area contributed by atoms with E-state index in [1.54, 1.807) is 0 Å². The molecule has 0 aromatic heterocycles. The van der Waals surface area contributed by atoms with Crippen molar-refractivity contribution in [1.82, 2.24) is 0 Å². The van der Waals surface area contributed by atoms with Gasteiger partial charge < -0.3 is 20.1 Å². The summed E-state index contributed by atoms with van der Waals surface area (Å²) in [4.78, 5) is 34.7. The van der Waals surface area contributed by atoms with Crippen molar-refractivity contribution in [3.63, 3.8) is 0 Å². The van der Waals surface area contributed by atoms with E-state index in [0.717, 1.165) is 38.5 Å². The third-order valence-corrected chi connectivity index (χ3v) is 9.57. The molecule has 0 heterocycles.